The summed E-state index contributed by atoms with van der Waals surface area (Å²) in [5, 5.41) is 10.7. The van der Waals surface area contributed by atoms with Gasteiger partial charge in [-0.3, -0.25) is 4.79 Å². The second kappa shape index (κ2) is 4.86. The molecule has 0 heterocycles. The van der Waals surface area contributed by atoms with Crippen LogP contribution in [0.2, 0.25) is 0 Å². The molecule has 1 atom stereocenters. The Labute approximate surface area is 115 Å². The van der Waals surface area contributed by atoms with E-state index in [9.17, 15) is 13.2 Å². The van der Waals surface area contributed by atoms with Crippen LogP contribution in [0.1, 0.15) is 0 Å². The fourth-order valence-electron chi connectivity index (χ4n) is 1.84. The van der Waals surface area contributed by atoms with Gasteiger partial charge in [0.1, 0.15) is 0 Å². The monoisotopic (exact) mass is 294 g/mol. The Balaban J connectivity index is 2.65. The fourth-order valence-corrected chi connectivity index (χ4v) is 3.22. The van der Waals surface area contributed by atoms with Crippen LogP contribution >= 0.6 is 0 Å². The molecule has 0 aliphatic heterocycles. The highest BCUT2D eigenvalue weighted by Crippen LogP contribution is 2.25. The normalized spacial score (nSPS) is 14.9. The molecule has 0 aliphatic carbocycles. The molecular formula is C13H14N2O4S. The van der Waals surface area contributed by atoms with Crippen molar-refractivity contribution in [2.45, 2.75) is 9.77 Å². The summed E-state index contributed by atoms with van der Waals surface area (Å²) in [6, 6.07) is 11.5. The Bertz CT molecular complexity index is 773. The number of carbonyl (C=O) groups is 1. The maximum Gasteiger partial charge on any atom is 0.256 e. The highest BCUT2D eigenvalue weighted by molar-refractivity contribution is 7.93. The first-order valence-electron chi connectivity index (χ1n) is 5.76. The molecule has 0 saturated carbocycles. The van der Waals surface area contributed by atoms with Gasteiger partial charge in [-0.05, 0) is 22.9 Å². The summed E-state index contributed by atoms with van der Waals surface area (Å²) in [6.45, 7) is -1.09. The molecule has 1 amide bonds. The van der Waals surface area contributed by atoms with Crippen LogP contribution in [-0.4, -0.2) is 30.9 Å². The van der Waals surface area contributed by atoms with Gasteiger partial charge in [-0.2, -0.15) is 0 Å². The Morgan fingerprint density at radius 1 is 1.15 bits per heavy atom. The van der Waals surface area contributed by atoms with E-state index in [1.54, 1.807) is 18.2 Å². The molecule has 0 radical (unpaired) electrons. The molecule has 2 aromatic carbocycles. The number of hydrogen-bond acceptors (Lipinski definition) is 5. The topological polar surface area (TPSA) is 123 Å². The molecule has 0 saturated heterocycles. The number of benzene rings is 2. The Morgan fingerprint density at radius 3 is 2.30 bits per heavy atom. The molecule has 5 N–H and O–H groups in total. The average Bonchev–Trinajstić information content (AvgIpc) is 2.45. The van der Waals surface area contributed by atoms with Gasteiger partial charge in [0.05, 0.1) is 11.5 Å². The van der Waals surface area contributed by atoms with Crippen LogP contribution in [0.15, 0.2) is 47.4 Å². The molecule has 2 aromatic rings. The van der Waals surface area contributed by atoms with Gasteiger partial charge in [0.15, 0.2) is 0 Å². The van der Waals surface area contributed by atoms with Crippen LogP contribution in [0.3, 0.4) is 0 Å². The summed E-state index contributed by atoms with van der Waals surface area (Å²) >= 11 is 0. The first kappa shape index (κ1) is 14.4. The maximum atomic E-state index is 12.4. The molecular weight excluding hydrogens is 280 g/mol. The van der Waals surface area contributed by atoms with Gasteiger partial charge >= 0.3 is 0 Å². The lowest BCUT2D eigenvalue weighted by Gasteiger charge is -2.23. The summed E-state index contributed by atoms with van der Waals surface area (Å²) < 4.78 is 24.8. The van der Waals surface area contributed by atoms with E-state index in [0.29, 0.717) is 5.39 Å². The van der Waals surface area contributed by atoms with Gasteiger partial charge in [0.2, 0.25) is 14.7 Å². The number of hydrogen-bond donors (Lipinski definition) is 3. The van der Waals surface area contributed by atoms with E-state index in [0.717, 1.165) is 5.39 Å². The number of carbonyl (C=O) groups excluding carboxylic acids is 1. The lowest BCUT2D eigenvalue weighted by atomic mass is 10.1. The van der Waals surface area contributed by atoms with Gasteiger partial charge in [-0.15, -0.1) is 0 Å². The number of rotatable bonds is 4. The van der Waals surface area contributed by atoms with Crippen molar-refractivity contribution >= 4 is 26.5 Å². The number of nitrogens with two attached hydrogens (primary N) is 2. The van der Waals surface area contributed by atoms with E-state index in [1.165, 1.54) is 12.1 Å². The van der Waals surface area contributed by atoms with Crippen molar-refractivity contribution in [3.8, 4) is 0 Å². The second-order valence-electron chi connectivity index (χ2n) is 4.42. The zero-order valence-corrected chi connectivity index (χ0v) is 11.3. The van der Waals surface area contributed by atoms with E-state index in [-0.39, 0.29) is 4.90 Å². The zero-order chi connectivity index (χ0) is 15.0. The van der Waals surface area contributed by atoms with Crippen molar-refractivity contribution < 1.29 is 18.3 Å². The molecule has 0 aromatic heterocycles. The standard InChI is InChI=1S/C13H14N2O4S/c14-12(17)13(15,8-16)20(18,19)11-6-5-9-3-1-2-4-10(9)7-11/h1-7,16H,8,15H2,(H2,14,17)/t13-/m1/s1. The predicted octanol–water partition coefficient (Wildman–Crippen LogP) is -0.254. The van der Waals surface area contributed by atoms with Crippen molar-refractivity contribution in [3.05, 3.63) is 42.5 Å². The number of aliphatic hydroxyl groups is 1. The Hall–Kier alpha value is -1.96. The van der Waals surface area contributed by atoms with E-state index in [4.69, 9.17) is 16.6 Å². The second-order valence-corrected chi connectivity index (χ2v) is 6.63. The van der Waals surface area contributed by atoms with Crippen LogP contribution in [-0.2, 0) is 14.6 Å². The molecule has 2 rings (SSSR count). The third-order valence-corrected chi connectivity index (χ3v) is 5.33. The number of fused-ring (bicyclic) bond motifs is 1. The molecule has 0 unspecified atom stereocenters. The molecule has 0 spiro atoms. The molecule has 7 heteroatoms. The van der Waals surface area contributed by atoms with Crippen LogP contribution in [0, 0.1) is 0 Å². The minimum absolute atomic E-state index is 0.161. The van der Waals surface area contributed by atoms with E-state index < -0.39 is 27.2 Å². The van der Waals surface area contributed by atoms with Gasteiger partial charge < -0.3 is 16.6 Å². The smallest absolute Gasteiger partial charge is 0.256 e. The van der Waals surface area contributed by atoms with Crippen molar-refractivity contribution in [2.75, 3.05) is 6.61 Å². The van der Waals surface area contributed by atoms with E-state index in [1.807, 2.05) is 12.1 Å². The number of sulfone groups is 1. The summed E-state index contributed by atoms with van der Waals surface area (Å²) in [4.78, 5) is 8.60. The van der Waals surface area contributed by atoms with Crippen molar-refractivity contribution in [3.63, 3.8) is 0 Å². The number of aliphatic hydroxyl groups excluding tert-OH is 1. The van der Waals surface area contributed by atoms with Crippen molar-refractivity contribution in [2.24, 2.45) is 11.5 Å². The van der Waals surface area contributed by atoms with E-state index >= 15 is 0 Å². The van der Waals surface area contributed by atoms with Crippen LogP contribution in [0.5, 0.6) is 0 Å². The number of primary amides is 1. The third-order valence-electron chi connectivity index (χ3n) is 3.16. The molecule has 6 nitrogen and oxygen atoms in total. The van der Waals surface area contributed by atoms with Crippen molar-refractivity contribution in [1.82, 2.24) is 0 Å². The first-order chi connectivity index (χ1) is 9.33. The molecule has 106 valence electrons. The molecule has 0 fully saturated rings. The fraction of sp³-hybridized carbons (Fsp3) is 0.154. The van der Waals surface area contributed by atoms with Gasteiger partial charge in [0.25, 0.3) is 5.91 Å². The highest BCUT2D eigenvalue weighted by Gasteiger charge is 2.46. The summed E-state index contributed by atoms with van der Waals surface area (Å²) in [6.07, 6.45) is 0. The van der Waals surface area contributed by atoms with Gasteiger partial charge in [-0.25, -0.2) is 8.42 Å². The van der Waals surface area contributed by atoms with Crippen LogP contribution in [0.4, 0.5) is 0 Å². The summed E-state index contributed by atoms with van der Waals surface area (Å²) in [5.74, 6) is -1.30. The lowest BCUT2D eigenvalue weighted by molar-refractivity contribution is -0.121. The third kappa shape index (κ3) is 2.05. The quantitative estimate of drug-likeness (QED) is 0.717. The first-order valence-corrected chi connectivity index (χ1v) is 7.24. The highest BCUT2D eigenvalue weighted by atomic mass is 32.2. The van der Waals surface area contributed by atoms with E-state index in [2.05, 4.69) is 0 Å². The van der Waals surface area contributed by atoms with Crippen LogP contribution in [0.25, 0.3) is 10.8 Å². The Kier molecular flexibility index (Phi) is 3.51. The molecule has 20 heavy (non-hydrogen) atoms. The van der Waals surface area contributed by atoms with Gasteiger partial charge in [-0.1, -0.05) is 30.3 Å². The Morgan fingerprint density at radius 2 is 1.75 bits per heavy atom. The zero-order valence-electron chi connectivity index (χ0n) is 10.5. The van der Waals surface area contributed by atoms with Crippen LogP contribution < -0.4 is 11.5 Å². The predicted molar refractivity (Wildman–Crippen MR) is 74.3 cm³/mol. The van der Waals surface area contributed by atoms with Crippen molar-refractivity contribution in [1.29, 1.82) is 0 Å². The summed E-state index contributed by atoms with van der Waals surface area (Å²) in [7, 11) is -4.29. The maximum absolute atomic E-state index is 12.4. The molecule has 0 bridgehead atoms. The largest absolute Gasteiger partial charge is 0.393 e. The average molecular weight is 294 g/mol. The number of amides is 1. The minimum atomic E-state index is -4.29. The lowest BCUT2D eigenvalue weighted by Crippen LogP contribution is -2.60. The minimum Gasteiger partial charge on any atom is -0.393 e. The SMILES string of the molecule is NC(=O)[C@@](N)(CO)S(=O)(=O)c1ccc2ccccc2c1. The summed E-state index contributed by atoms with van der Waals surface area (Å²) in [5.41, 5.74) is 10.5. The molecule has 0 aliphatic rings. The van der Waals surface area contributed by atoms with Gasteiger partial charge in [0, 0.05) is 0 Å².